The first-order valence-corrected chi connectivity index (χ1v) is 10.9. The molecule has 0 aliphatic carbocycles. The van der Waals surface area contributed by atoms with Crippen molar-refractivity contribution < 1.29 is 19.4 Å². The third-order valence-corrected chi connectivity index (χ3v) is 5.52. The van der Waals surface area contributed by atoms with Gasteiger partial charge in [-0.3, -0.25) is 19.5 Å². The zero-order valence-electron chi connectivity index (χ0n) is 18.6. The molecule has 1 unspecified atom stereocenters. The molecule has 170 valence electrons. The predicted molar refractivity (Wildman–Crippen MR) is 127 cm³/mol. The first-order valence-electron chi connectivity index (χ1n) is 10.9. The maximum Gasteiger partial charge on any atom is 0.302 e. The van der Waals surface area contributed by atoms with Crippen LogP contribution in [0.25, 0.3) is 16.8 Å². The van der Waals surface area contributed by atoms with Gasteiger partial charge in [0.25, 0.3) is 5.78 Å². The number of benzene rings is 2. The number of pyridine rings is 1. The monoisotopic (exact) mass is 454 g/mol. The van der Waals surface area contributed by atoms with Crippen LogP contribution < -0.4 is 9.64 Å². The summed E-state index contributed by atoms with van der Waals surface area (Å²) in [6, 6.07) is 18.3. The third-order valence-electron chi connectivity index (χ3n) is 5.52. The van der Waals surface area contributed by atoms with Crippen LogP contribution in [0.15, 0.2) is 78.5 Å². The number of Topliss-reactive ketones (excluding diaryl/α,β-unsaturated/α-hetero) is 1. The molecule has 4 aromatic rings. The van der Waals surface area contributed by atoms with Gasteiger partial charge in [0.1, 0.15) is 17.6 Å². The number of aromatic amines is 1. The third kappa shape index (κ3) is 3.69. The topological polar surface area (TPSA) is 108 Å². The molecule has 2 aromatic carbocycles. The van der Waals surface area contributed by atoms with Gasteiger partial charge in [-0.05, 0) is 62.4 Å². The fraction of sp³-hybridized carbons (Fsp3) is 0.154. The Hall–Kier alpha value is -4.46. The quantitative estimate of drug-likeness (QED) is 0.263. The number of aliphatic hydroxyl groups excluding tert-OH is 1. The maximum atomic E-state index is 13.2. The number of ether oxygens (including phenoxy) is 1. The molecule has 1 aliphatic heterocycles. The van der Waals surface area contributed by atoms with E-state index in [0.29, 0.717) is 22.5 Å². The van der Waals surface area contributed by atoms with Crippen LogP contribution in [0, 0.1) is 0 Å². The summed E-state index contributed by atoms with van der Waals surface area (Å²) in [6.07, 6.45) is 1.57. The summed E-state index contributed by atoms with van der Waals surface area (Å²) in [5.41, 5.74) is 2.14. The van der Waals surface area contributed by atoms with Crippen LogP contribution in [-0.4, -0.2) is 37.9 Å². The van der Waals surface area contributed by atoms with Crippen LogP contribution in [0.2, 0.25) is 0 Å². The van der Waals surface area contributed by atoms with Gasteiger partial charge in [-0.25, -0.2) is 4.98 Å². The second-order valence-electron chi connectivity index (χ2n) is 8.19. The highest BCUT2D eigenvalue weighted by atomic mass is 16.5. The van der Waals surface area contributed by atoms with Crippen LogP contribution >= 0.6 is 0 Å². The van der Waals surface area contributed by atoms with E-state index in [2.05, 4.69) is 15.0 Å². The number of nitrogens with zero attached hydrogens (tertiary/aromatic N) is 3. The van der Waals surface area contributed by atoms with Gasteiger partial charge in [0.2, 0.25) is 5.95 Å². The van der Waals surface area contributed by atoms with Crippen molar-refractivity contribution >= 4 is 34.4 Å². The second kappa shape index (κ2) is 8.47. The fourth-order valence-corrected chi connectivity index (χ4v) is 4.04. The molecule has 1 atom stereocenters. The van der Waals surface area contributed by atoms with Crippen LogP contribution in [0.5, 0.6) is 5.75 Å². The number of carbonyl (C=O) groups excluding carboxylic acids is 2. The fourth-order valence-electron chi connectivity index (χ4n) is 4.04. The molecular weight excluding hydrogens is 432 g/mol. The molecule has 2 N–H and O–H groups in total. The van der Waals surface area contributed by atoms with Crippen molar-refractivity contribution in [2.75, 3.05) is 4.90 Å². The van der Waals surface area contributed by atoms with E-state index in [-0.39, 0.29) is 23.4 Å². The van der Waals surface area contributed by atoms with Gasteiger partial charge in [-0.15, -0.1) is 0 Å². The highest BCUT2D eigenvalue weighted by molar-refractivity contribution is 6.51. The first kappa shape index (κ1) is 21.4. The molecule has 8 nitrogen and oxygen atoms in total. The number of hydrogen-bond donors (Lipinski definition) is 2. The number of hydrogen-bond acceptors (Lipinski definition) is 6. The minimum atomic E-state index is -0.951. The Balaban J connectivity index is 1.65. The molecule has 1 fully saturated rings. The first-order chi connectivity index (χ1) is 16.4. The van der Waals surface area contributed by atoms with E-state index in [9.17, 15) is 14.7 Å². The number of ketones is 1. The van der Waals surface area contributed by atoms with E-state index in [1.54, 1.807) is 48.7 Å². The standard InChI is InChI=1S/C26H22N4O4/c1-15(2)34-17-12-10-16(11-13-17)23(31)21-22(20-9-5-6-14-27-20)30(25(33)24(21)32)26-28-18-7-3-4-8-19(18)29-26/h3-15,22,31H,1-2H3,(H,28,29)/b23-21+. The normalized spacial score (nSPS) is 17.6. The van der Waals surface area contributed by atoms with Gasteiger partial charge in [-0.2, -0.15) is 0 Å². The van der Waals surface area contributed by atoms with E-state index in [1.807, 2.05) is 38.1 Å². The molecular formula is C26H22N4O4. The average molecular weight is 454 g/mol. The number of para-hydroxylation sites is 2. The number of aromatic nitrogens is 3. The highest BCUT2D eigenvalue weighted by Gasteiger charge is 2.48. The van der Waals surface area contributed by atoms with Crippen molar-refractivity contribution in [2.45, 2.75) is 26.0 Å². The van der Waals surface area contributed by atoms with Gasteiger partial charge >= 0.3 is 5.91 Å². The van der Waals surface area contributed by atoms with Crippen molar-refractivity contribution in [3.05, 3.63) is 89.8 Å². The lowest BCUT2D eigenvalue weighted by atomic mass is 9.98. The number of carbonyl (C=O) groups is 2. The number of nitrogens with one attached hydrogen (secondary N) is 1. The summed E-state index contributed by atoms with van der Waals surface area (Å²) in [7, 11) is 0. The summed E-state index contributed by atoms with van der Waals surface area (Å²) in [5.74, 6) is -1.05. The summed E-state index contributed by atoms with van der Waals surface area (Å²) < 4.78 is 5.66. The molecule has 0 bridgehead atoms. The Labute approximate surface area is 195 Å². The molecule has 0 saturated carbocycles. The molecule has 1 saturated heterocycles. The van der Waals surface area contributed by atoms with Gasteiger partial charge < -0.3 is 14.8 Å². The van der Waals surface area contributed by atoms with Gasteiger partial charge in [0.15, 0.2) is 0 Å². The van der Waals surface area contributed by atoms with Crippen LogP contribution in [0.3, 0.4) is 0 Å². The minimum Gasteiger partial charge on any atom is -0.507 e. The Morgan fingerprint density at radius 2 is 1.76 bits per heavy atom. The SMILES string of the molecule is CC(C)Oc1ccc(/C(O)=C2\C(=O)C(=O)N(c3nc4ccccc4[nH]3)C2c2ccccn2)cc1. The summed E-state index contributed by atoms with van der Waals surface area (Å²) >= 11 is 0. The molecule has 0 spiro atoms. The minimum absolute atomic E-state index is 0.00210. The molecule has 34 heavy (non-hydrogen) atoms. The van der Waals surface area contributed by atoms with E-state index >= 15 is 0 Å². The number of rotatable bonds is 5. The summed E-state index contributed by atoms with van der Waals surface area (Å²) in [4.78, 5) is 39.7. The number of imidazole rings is 1. The van der Waals surface area contributed by atoms with Gasteiger partial charge in [0, 0.05) is 11.8 Å². The van der Waals surface area contributed by atoms with Crippen molar-refractivity contribution in [3.8, 4) is 5.75 Å². The lowest BCUT2D eigenvalue weighted by Gasteiger charge is -2.22. The smallest absolute Gasteiger partial charge is 0.302 e. The largest absolute Gasteiger partial charge is 0.507 e. The number of anilines is 1. The zero-order valence-corrected chi connectivity index (χ0v) is 18.6. The van der Waals surface area contributed by atoms with E-state index in [4.69, 9.17) is 4.74 Å². The number of fused-ring (bicyclic) bond motifs is 1. The molecule has 1 amide bonds. The van der Waals surface area contributed by atoms with E-state index in [0.717, 1.165) is 5.52 Å². The number of aliphatic hydroxyl groups is 1. The van der Waals surface area contributed by atoms with E-state index < -0.39 is 17.7 Å². The zero-order chi connectivity index (χ0) is 23.8. The predicted octanol–water partition coefficient (Wildman–Crippen LogP) is 4.37. The van der Waals surface area contributed by atoms with Gasteiger partial charge in [-0.1, -0.05) is 18.2 Å². The van der Waals surface area contributed by atoms with Crippen LogP contribution in [0.4, 0.5) is 5.95 Å². The van der Waals surface area contributed by atoms with Crippen LogP contribution in [-0.2, 0) is 9.59 Å². The molecule has 1 aliphatic rings. The Morgan fingerprint density at radius 3 is 2.44 bits per heavy atom. The Bertz CT molecular complexity index is 1370. The molecule has 2 aromatic heterocycles. The lowest BCUT2D eigenvalue weighted by Crippen LogP contribution is -2.30. The summed E-state index contributed by atoms with van der Waals surface area (Å²) in [5, 5.41) is 11.2. The van der Waals surface area contributed by atoms with E-state index in [1.165, 1.54) is 4.90 Å². The lowest BCUT2D eigenvalue weighted by molar-refractivity contribution is -0.132. The highest BCUT2D eigenvalue weighted by Crippen LogP contribution is 2.41. The Morgan fingerprint density at radius 1 is 1.03 bits per heavy atom. The summed E-state index contributed by atoms with van der Waals surface area (Å²) in [6.45, 7) is 3.83. The molecule has 5 rings (SSSR count). The van der Waals surface area contributed by atoms with Crippen LogP contribution in [0.1, 0.15) is 31.1 Å². The number of amides is 1. The van der Waals surface area contributed by atoms with Crippen molar-refractivity contribution in [3.63, 3.8) is 0 Å². The average Bonchev–Trinajstić information content (AvgIpc) is 3.38. The van der Waals surface area contributed by atoms with Gasteiger partial charge in [0.05, 0.1) is 28.4 Å². The van der Waals surface area contributed by atoms with Crippen molar-refractivity contribution in [1.29, 1.82) is 0 Å². The second-order valence-corrected chi connectivity index (χ2v) is 8.19. The van der Waals surface area contributed by atoms with Crippen molar-refractivity contribution in [1.82, 2.24) is 15.0 Å². The Kier molecular flexibility index (Phi) is 5.33. The maximum absolute atomic E-state index is 13.2. The van der Waals surface area contributed by atoms with Crippen molar-refractivity contribution in [2.24, 2.45) is 0 Å². The molecule has 8 heteroatoms. The molecule has 3 heterocycles. The molecule has 0 radical (unpaired) electrons. The number of H-pyrrole nitrogens is 1.